The smallest absolute Gasteiger partial charge is 0.308 e. The molecule has 1 fully saturated rings. The maximum Gasteiger partial charge on any atom is 0.308 e. The van der Waals surface area contributed by atoms with Crippen molar-refractivity contribution in [1.29, 1.82) is 0 Å². The molecule has 0 bridgehead atoms. The van der Waals surface area contributed by atoms with Crippen molar-refractivity contribution >= 4 is 21.7 Å². The van der Waals surface area contributed by atoms with Crippen molar-refractivity contribution in [2.24, 2.45) is 11.8 Å². The predicted molar refractivity (Wildman–Crippen MR) is 70.4 cm³/mol. The number of carbonyl (C=O) groups is 2. The van der Waals surface area contributed by atoms with Gasteiger partial charge in [0.2, 0.25) is 5.91 Å². The maximum atomic E-state index is 11.8. The number of carboxylic acids is 1. The Morgan fingerprint density at radius 1 is 1.37 bits per heavy atom. The third-order valence-electron chi connectivity index (χ3n) is 3.10. The second kappa shape index (κ2) is 6.36. The van der Waals surface area contributed by atoms with Gasteiger partial charge in [-0.3, -0.25) is 9.59 Å². The van der Waals surface area contributed by atoms with Crippen LogP contribution in [0.5, 0.6) is 0 Å². The third-order valence-corrected chi connectivity index (χ3v) is 5.11. The summed E-state index contributed by atoms with van der Waals surface area (Å²) in [6.45, 7) is 4.23. The highest BCUT2D eigenvalue weighted by atomic mass is 32.2. The zero-order valence-electron chi connectivity index (χ0n) is 11.3. The van der Waals surface area contributed by atoms with Crippen LogP contribution in [0.4, 0.5) is 0 Å². The number of hydrogen-bond acceptors (Lipinski definition) is 4. The van der Waals surface area contributed by atoms with Gasteiger partial charge in [-0.15, -0.1) is 0 Å². The second-order valence-corrected chi connectivity index (χ2v) is 7.65. The van der Waals surface area contributed by atoms with E-state index in [0.717, 1.165) is 0 Å². The van der Waals surface area contributed by atoms with Crippen LogP contribution in [-0.2, 0) is 19.4 Å². The molecule has 1 heterocycles. The quantitative estimate of drug-likeness (QED) is 0.764. The Balaban J connectivity index is 2.43. The summed E-state index contributed by atoms with van der Waals surface area (Å²) in [6, 6.07) is 0. The number of likely N-dealkylation sites (tertiary alicyclic amines) is 1. The summed E-state index contributed by atoms with van der Waals surface area (Å²) < 4.78 is 23.3. The summed E-state index contributed by atoms with van der Waals surface area (Å²) >= 11 is 0. The molecule has 6 nitrogen and oxygen atoms in total. The molecule has 0 unspecified atom stereocenters. The van der Waals surface area contributed by atoms with E-state index in [4.69, 9.17) is 5.11 Å². The molecule has 0 saturated carbocycles. The summed E-state index contributed by atoms with van der Waals surface area (Å²) in [7, 11) is -3.20. The standard InChI is InChI=1S/C12H21NO5S/c1-9(2)8-19(17,18)6-4-11(14)13-5-3-10(7-13)12(15)16/h9-10H,3-8H2,1-2H3,(H,15,16)/t10-/m0/s1. The zero-order valence-corrected chi connectivity index (χ0v) is 12.1. The van der Waals surface area contributed by atoms with Crippen LogP contribution < -0.4 is 0 Å². The van der Waals surface area contributed by atoms with Gasteiger partial charge in [0, 0.05) is 19.5 Å². The lowest BCUT2D eigenvalue weighted by Gasteiger charge is -2.16. The molecule has 110 valence electrons. The fourth-order valence-electron chi connectivity index (χ4n) is 2.18. The van der Waals surface area contributed by atoms with Crippen molar-refractivity contribution in [2.75, 3.05) is 24.6 Å². The van der Waals surface area contributed by atoms with Crippen LogP contribution in [0.1, 0.15) is 26.7 Å². The number of rotatable bonds is 6. The molecule has 1 saturated heterocycles. The predicted octanol–water partition coefficient (Wildman–Crippen LogP) is 0.380. The maximum absolute atomic E-state index is 11.8. The third kappa shape index (κ3) is 5.18. The van der Waals surface area contributed by atoms with E-state index < -0.39 is 21.7 Å². The van der Waals surface area contributed by atoms with E-state index in [-0.39, 0.29) is 36.3 Å². The van der Waals surface area contributed by atoms with Crippen molar-refractivity contribution < 1.29 is 23.1 Å². The first-order chi connectivity index (χ1) is 8.71. The Morgan fingerprint density at radius 2 is 2.00 bits per heavy atom. The van der Waals surface area contributed by atoms with Crippen LogP contribution in [0, 0.1) is 11.8 Å². The van der Waals surface area contributed by atoms with E-state index in [1.807, 2.05) is 13.8 Å². The Labute approximate surface area is 113 Å². The molecule has 0 aromatic carbocycles. The largest absolute Gasteiger partial charge is 0.481 e. The zero-order chi connectivity index (χ0) is 14.6. The Morgan fingerprint density at radius 3 is 2.47 bits per heavy atom. The number of hydrogen-bond donors (Lipinski definition) is 1. The molecular weight excluding hydrogens is 270 g/mol. The van der Waals surface area contributed by atoms with Gasteiger partial charge in [0.1, 0.15) is 0 Å². The first-order valence-electron chi connectivity index (χ1n) is 6.42. The Hall–Kier alpha value is -1.11. The average molecular weight is 291 g/mol. The molecule has 1 amide bonds. The average Bonchev–Trinajstić information content (AvgIpc) is 2.73. The normalized spacial score (nSPS) is 19.9. The highest BCUT2D eigenvalue weighted by Gasteiger charge is 2.31. The molecule has 0 spiro atoms. The highest BCUT2D eigenvalue weighted by Crippen LogP contribution is 2.17. The van der Waals surface area contributed by atoms with Crippen molar-refractivity contribution in [2.45, 2.75) is 26.7 Å². The topological polar surface area (TPSA) is 91.8 Å². The number of carbonyl (C=O) groups excluding carboxylic acids is 1. The van der Waals surface area contributed by atoms with Crippen molar-refractivity contribution in [3.63, 3.8) is 0 Å². The summed E-state index contributed by atoms with van der Waals surface area (Å²) in [5.74, 6) is -1.71. The lowest BCUT2D eigenvalue weighted by atomic mass is 10.1. The first-order valence-corrected chi connectivity index (χ1v) is 8.24. The second-order valence-electron chi connectivity index (χ2n) is 5.42. The Kier molecular flexibility index (Phi) is 5.34. The van der Waals surface area contributed by atoms with Crippen molar-refractivity contribution in [3.8, 4) is 0 Å². The summed E-state index contributed by atoms with van der Waals surface area (Å²) in [6.07, 6.45) is 0.390. The molecule has 1 N–H and O–H groups in total. The van der Waals surface area contributed by atoms with E-state index in [9.17, 15) is 18.0 Å². The van der Waals surface area contributed by atoms with Gasteiger partial charge in [0.05, 0.1) is 17.4 Å². The lowest BCUT2D eigenvalue weighted by molar-refractivity contribution is -0.141. The van der Waals surface area contributed by atoms with E-state index in [1.54, 1.807) is 0 Å². The number of carboxylic acid groups (broad SMARTS) is 1. The molecule has 1 rings (SSSR count). The minimum atomic E-state index is -3.20. The molecule has 1 aliphatic heterocycles. The van der Waals surface area contributed by atoms with Gasteiger partial charge in [-0.1, -0.05) is 13.8 Å². The molecular formula is C12H21NO5S. The molecule has 1 atom stereocenters. The van der Waals surface area contributed by atoms with Gasteiger partial charge in [-0.25, -0.2) is 8.42 Å². The molecule has 1 aliphatic rings. The first kappa shape index (κ1) is 15.9. The van der Waals surface area contributed by atoms with E-state index >= 15 is 0 Å². The molecule has 0 aromatic rings. The monoisotopic (exact) mass is 291 g/mol. The van der Waals surface area contributed by atoms with Gasteiger partial charge in [0.15, 0.2) is 9.84 Å². The van der Waals surface area contributed by atoms with E-state index in [2.05, 4.69) is 0 Å². The minimum absolute atomic E-state index is 0.0447. The van der Waals surface area contributed by atoms with Crippen molar-refractivity contribution in [1.82, 2.24) is 4.90 Å². The lowest BCUT2D eigenvalue weighted by Crippen LogP contribution is -2.31. The minimum Gasteiger partial charge on any atom is -0.481 e. The summed E-state index contributed by atoms with van der Waals surface area (Å²) in [5, 5.41) is 8.84. The number of sulfone groups is 1. The van der Waals surface area contributed by atoms with E-state index in [0.29, 0.717) is 13.0 Å². The fraction of sp³-hybridized carbons (Fsp3) is 0.833. The number of nitrogens with zero attached hydrogens (tertiary/aromatic N) is 1. The van der Waals surface area contributed by atoms with Crippen molar-refractivity contribution in [3.05, 3.63) is 0 Å². The van der Waals surface area contributed by atoms with Gasteiger partial charge in [-0.2, -0.15) is 0 Å². The molecule has 0 aliphatic carbocycles. The molecule has 0 radical (unpaired) electrons. The van der Waals surface area contributed by atoms with Crippen LogP contribution in [0.15, 0.2) is 0 Å². The molecule has 0 aromatic heterocycles. The van der Waals surface area contributed by atoms with Gasteiger partial charge in [0.25, 0.3) is 0 Å². The van der Waals surface area contributed by atoms with Crippen LogP contribution in [-0.4, -0.2) is 54.9 Å². The Bertz CT molecular complexity index is 443. The SMILES string of the molecule is CC(C)CS(=O)(=O)CCC(=O)N1CC[C@H](C(=O)O)C1. The summed E-state index contributed by atoms with van der Waals surface area (Å²) in [5.41, 5.74) is 0. The van der Waals surface area contributed by atoms with Gasteiger partial charge < -0.3 is 10.0 Å². The molecule has 7 heteroatoms. The van der Waals surface area contributed by atoms with Crippen LogP contribution in [0.3, 0.4) is 0 Å². The van der Waals surface area contributed by atoms with E-state index in [1.165, 1.54) is 4.90 Å². The van der Waals surface area contributed by atoms with Gasteiger partial charge >= 0.3 is 5.97 Å². The number of aliphatic carboxylic acids is 1. The van der Waals surface area contributed by atoms with Gasteiger partial charge in [-0.05, 0) is 12.3 Å². The number of amides is 1. The molecule has 19 heavy (non-hydrogen) atoms. The highest BCUT2D eigenvalue weighted by molar-refractivity contribution is 7.91. The summed E-state index contributed by atoms with van der Waals surface area (Å²) in [4.78, 5) is 24.0. The van der Waals surface area contributed by atoms with Crippen LogP contribution >= 0.6 is 0 Å². The van der Waals surface area contributed by atoms with Crippen LogP contribution in [0.2, 0.25) is 0 Å². The fourth-order valence-corrected chi connectivity index (χ4v) is 3.85. The van der Waals surface area contributed by atoms with Crippen LogP contribution in [0.25, 0.3) is 0 Å².